The molecule has 29 heavy (non-hydrogen) atoms. The van der Waals surface area contributed by atoms with E-state index in [0.717, 1.165) is 48.9 Å². The molecule has 1 fully saturated rings. The van der Waals surface area contributed by atoms with E-state index >= 15 is 0 Å². The summed E-state index contributed by atoms with van der Waals surface area (Å²) >= 11 is 0. The van der Waals surface area contributed by atoms with Crippen LogP contribution in [0.2, 0.25) is 0 Å². The minimum atomic E-state index is 0.459. The zero-order valence-corrected chi connectivity index (χ0v) is 17.0. The van der Waals surface area contributed by atoms with Crippen molar-refractivity contribution in [3.05, 3.63) is 77.6 Å². The topological polar surface area (TPSA) is 50.4 Å². The molecule has 0 saturated carbocycles. The molecule has 0 radical (unpaired) electrons. The first-order valence-electron chi connectivity index (χ1n) is 10.4. The van der Waals surface area contributed by atoms with E-state index in [2.05, 4.69) is 51.5 Å². The first-order valence-corrected chi connectivity index (χ1v) is 10.4. The first kappa shape index (κ1) is 19.5. The molecule has 3 aromatic rings. The van der Waals surface area contributed by atoms with Gasteiger partial charge in [-0.15, -0.1) is 0 Å². The van der Waals surface area contributed by atoms with Gasteiger partial charge in [-0.1, -0.05) is 42.5 Å². The summed E-state index contributed by atoms with van der Waals surface area (Å²) in [6.07, 6.45) is 3.52. The van der Waals surface area contributed by atoms with Crippen molar-refractivity contribution < 1.29 is 9.47 Å². The number of likely N-dealkylation sites (tertiary alicyclic amines) is 1. The van der Waals surface area contributed by atoms with E-state index in [1.165, 1.54) is 18.4 Å². The molecule has 1 atom stereocenters. The molecule has 1 aromatic heterocycles. The van der Waals surface area contributed by atoms with E-state index in [1.807, 2.05) is 24.3 Å². The fourth-order valence-corrected chi connectivity index (χ4v) is 3.98. The lowest BCUT2D eigenvalue weighted by molar-refractivity contribution is 0.280. The van der Waals surface area contributed by atoms with Crippen LogP contribution in [0.15, 0.2) is 60.7 Å². The molecule has 0 spiro atoms. The van der Waals surface area contributed by atoms with Gasteiger partial charge in [0.15, 0.2) is 11.5 Å². The number of aromatic amines is 1. The maximum atomic E-state index is 5.90. The van der Waals surface area contributed by atoms with Crippen LogP contribution in [0.4, 0.5) is 0 Å². The molecule has 1 saturated heterocycles. The fourth-order valence-electron chi connectivity index (χ4n) is 3.98. The normalized spacial score (nSPS) is 16.8. The van der Waals surface area contributed by atoms with Gasteiger partial charge < -0.3 is 14.4 Å². The number of ether oxygens (including phenoxy) is 2. The van der Waals surface area contributed by atoms with Gasteiger partial charge in [0.05, 0.1) is 18.5 Å². The van der Waals surface area contributed by atoms with Gasteiger partial charge in [-0.2, -0.15) is 5.10 Å². The Hall–Kier alpha value is -2.79. The van der Waals surface area contributed by atoms with E-state index in [0.29, 0.717) is 12.5 Å². The van der Waals surface area contributed by atoms with E-state index in [1.54, 1.807) is 7.11 Å². The average molecular weight is 392 g/mol. The third-order valence-electron chi connectivity index (χ3n) is 5.58. The molecule has 0 bridgehead atoms. The predicted molar refractivity (Wildman–Crippen MR) is 114 cm³/mol. The van der Waals surface area contributed by atoms with Crippen molar-refractivity contribution in [2.24, 2.45) is 0 Å². The molecule has 1 aliphatic heterocycles. The standard InChI is InChI=1S/C24H29N3O2/c1-28-23-11-5-6-12-24(23)29-18-21-16-22(26-25-21)20-13-15-27(17-20)14-7-10-19-8-3-2-4-9-19/h2-6,8-9,11-12,16,20H,7,10,13-15,17-18H2,1H3,(H,25,26)/t20-/m1/s1. The van der Waals surface area contributed by atoms with Gasteiger partial charge in [-0.25, -0.2) is 0 Å². The predicted octanol–water partition coefficient (Wildman–Crippen LogP) is 4.42. The lowest BCUT2D eigenvalue weighted by Gasteiger charge is -2.15. The Morgan fingerprint density at radius 1 is 1.07 bits per heavy atom. The molecule has 2 aromatic carbocycles. The summed E-state index contributed by atoms with van der Waals surface area (Å²) in [7, 11) is 1.65. The second-order valence-corrected chi connectivity index (χ2v) is 7.63. The van der Waals surface area contributed by atoms with Crippen molar-refractivity contribution in [2.75, 3.05) is 26.7 Å². The SMILES string of the molecule is COc1ccccc1OCc1cc([C@@H]2CCN(CCCc3ccccc3)C2)n[nH]1. The second-order valence-electron chi connectivity index (χ2n) is 7.63. The van der Waals surface area contributed by atoms with Crippen LogP contribution in [0, 0.1) is 0 Å². The Morgan fingerprint density at radius 3 is 2.69 bits per heavy atom. The number of nitrogens with one attached hydrogen (secondary N) is 1. The molecule has 0 unspecified atom stereocenters. The highest BCUT2D eigenvalue weighted by atomic mass is 16.5. The number of para-hydroxylation sites is 2. The van der Waals surface area contributed by atoms with Crippen molar-refractivity contribution in [3.63, 3.8) is 0 Å². The second kappa shape index (κ2) is 9.61. The van der Waals surface area contributed by atoms with Gasteiger partial charge in [0, 0.05) is 12.5 Å². The molecule has 0 amide bonds. The van der Waals surface area contributed by atoms with Crippen LogP contribution in [-0.2, 0) is 13.0 Å². The number of hydrogen-bond acceptors (Lipinski definition) is 4. The van der Waals surface area contributed by atoms with Crippen LogP contribution in [0.1, 0.15) is 35.7 Å². The van der Waals surface area contributed by atoms with E-state index in [-0.39, 0.29) is 0 Å². The lowest BCUT2D eigenvalue weighted by atomic mass is 10.1. The zero-order valence-electron chi connectivity index (χ0n) is 17.0. The molecule has 4 rings (SSSR count). The van der Waals surface area contributed by atoms with Gasteiger partial charge in [0.2, 0.25) is 0 Å². The van der Waals surface area contributed by atoms with E-state index in [4.69, 9.17) is 9.47 Å². The smallest absolute Gasteiger partial charge is 0.161 e. The number of hydrogen-bond donors (Lipinski definition) is 1. The summed E-state index contributed by atoms with van der Waals surface area (Å²) < 4.78 is 11.2. The minimum absolute atomic E-state index is 0.459. The average Bonchev–Trinajstić information content (AvgIpc) is 3.43. The molecule has 152 valence electrons. The van der Waals surface area contributed by atoms with Gasteiger partial charge in [0.25, 0.3) is 0 Å². The van der Waals surface area contributed by atoms with Crippen LogP contribution in [0.25, 0.3) is 0 Å². The summed E-state index contributed by atoms with van der Waals surface area (Å²) in [5.41, 5.74) is 3.57. The molecular formula is C24H29N3O2. The number of methoxy groups -OCH3 is 1. The van der Waals surface area contributed by atoms with Gasteiger partial charge in [-0.05, 0) is 56.1 Å². The van der Waals surface area contributed by atoms with Crippen molar-refractivity contribution in [3.8, 4) is 11.5 Å². The molecule has 1 N–H and O–H groups in total. The minimum Gasteiger partial charge on any atom is -0.493 e. The van der Waals surface area contributed by atoms with E-state index < -0.39 is 0 Å². The summed E-state index contributed by atoms with van der Waals surface area (Å²) in [4.78, 5) is 2.56. The van der Waals surface area contributed by atoms with Crippen molar-refractivity contribution >= 4 is 0 Å². The summed E-state index contributed by atoms with van der Waals surface area (Å²) in [6, 6.07) is 20.6. The van der Waals surface area contributed by atoms with Crippen LogP contribution in [0.5, 0.6) is 11.5 Å². The number of H-pyrrole nitrogens is 1. The first-order chi connectivity index (χ1) is 14.3. The quantitative estimate of drug-likeness (QED) is 0.587. The number of benzene rings is 2. The van der Waals surface area contributed by atoms with Crippen LogP contribution in [-0.4, -0.2) is 41.8 Å². The Morgan fingerprint density at radius 2 is 1.86 bits per heavy atom. The van der Waals surface area contributed by atoms with Gasteiger partial charge in [0.1, 0.15) is 6.61 Å². The highest BCUT2D eigenvalue weighted by Crippen LogP contribution is 2.28. The van der Waals surface area contributed by atoms with Crippen molar-refractivity contribution in [1.82, 2.24) is 15.1 Å². The zero-order chi connectivity index (χ0) is 19.9. The molecule has 5 heteroatoms. The maximum absolute atomic E-state index is 5.90. The summed E-state index contributed by atoms with van der Waals surface area (Å²) in [5.74, 6) is 1.99. The molecule has 0 aliphatic carbocycles. The largest absolute Gasteiger partial charge is 0.493 e. The molecule has 5 nitrogen and oxygen atoms in total. The summed E-state index contributed by atoms with van der Waals surface area (Å²) in [5, 5.41) is 7.69. The highest BCUT2D eigenvalue weighted by molar-refractivity contribution is 5.39. The molecular weight excluding hydrogens is 362 g/mol. The number of aromatic nitrogens is 2. The van der Waals surface area contributed by atoms with Gasteiger partial charge >= 0.3 is 0 Å². The Bertz CT molecular complexity index is 894. The van der Waals surface area contributed by atoms with Crippen LogP contribution in [0.3, 0.4) is 0 Å². The third-order valence-corrected chi connectivity index (χ3v) is 5.58. The van der Waals surface area contributed by atoms with E-state index in [9.17, 15) is 0 Å². The summed E-state index contributed by atoms with van der Waals surface area (Å²) in [6.45, 7) is 3.85. The molecule has 2 heterocycles. The Balaban J connectivity index is 1.24. The van der Waals surface area contributed by atoms with Crippen LogP contribution < -0.4 is 9.47 Å². The van der Waals surface area contributed by atoms with Crippen LogP contribution >= 0.6 is 0 Å². The monoisotopic (exact) mass is 391 g/mol. The van der Waals surface area contributed by atoms with Gasteiger partial charge in [-0.3, -0.25) is 5.10 Å². The maximum Gasteiger partial charge on any atom is 0.161 e. The lowest BCUT2D eigenvalue weighted by Crippen LogP contribution is -2.22. The Labute approximate surface area is 172 Å². The number of aryl methyl sites for hydroxylation is 1. The van der Waals surface area contributed by atoms with Crippen molar-refractivity contribution in [2.45, 2.75) is 31.8 Å². The fraction of sp³-hybridized carbons (Fsp3) is 0.375. The highest BCUT2D eigenvalue weighted by Gasteiger charge is 2.25. The number of nitrogens with zero attached hydrogens (tertiary/aromatic N) is 2. The Kier molecular flexibility index (Phi) is 6.47. The molecule has 1 aliphatic rings. The third kappa shape index (κ3) is 5.18. The van der Waals surface area contributed by atoms with Crippen molar-refractivity contribution in [1.29, 1.82) is 0 Å². The number of rotatable bonds is 9.